The number of carbonyl (C=O) groups excluding carboxylic acids is 2. The lowest BCUT2D eigenvalue weighted by molar-refractivity contribution is -0.126. The van der Waals surface area contributed by atoms with E-state index < -0.39 is 0 Å². The van der Waals surface area contributed by atoms with Gasteiger partial charge in [0.05, 0.1) is 0 Å². The van der Waals surface area contributed by atoms with Gasteiger partial charge in [0.25, 0.3) is 0 Å². The van der Waals surface area contributed by atoms with Gasteiger partial charge in [0.1, 0.15) is 0 Å². The van der Waals surface area contributed by atoms with Crippen LogP contribution in [0.2, 0.25) is 10.0 Å². The van der Waals surface area contributed by atoms with Crippen molar-refractivity contribution in [2.24, 2.45) is 5.92 Å². The molecule has 148 valence electrons. The number of piperidine rings is 1. The quantitative estimate of drug-likeness (QED) is 0.808. The fourth-order valence-corrected chi connectivity index (χ4v) is 4.69. The lowest BCUT2D eigenvalue weighted by Gasteiger charge is -2.34. The zero-order chi connectivity index (χ0) is 19.4. The molecule has 0 saturated carbocycles. The number of amides is 3. The van der Waals surface area contributed by atoms with Gasteiger partial charge in [-0.15, -0.1) is 0 Å². The normalized spacial score (nSPS) is 19.2. The third kappa shape index (κ3) is 4.88. The fraction of sp³-hybridized carbons (Fsp3) is 0.600. The number of halogens is 2. The van der Waals surface area contributed by atoms with Crippen molar-refractivity contribution in [2.45, 2.75) is 38.5 Å². The molecule has 2 aliphatic rings. The molecule has 0 bridgehead atoms. The van der Waals surface area contributed by atoms with Crippen LogP contribution < -0.4 is 5.32 Å². The number of benzene rings is 1. The number of carbonyl (C=O) groups is 2. The van der Waals surface area contributed by atoms with Crippen molar-refractivity contribution in [3.63, 3.8) is 0 Å². The maximum atomic E-state index is 12.5. The Bertz CT molecular complexity index is 664. The van der Waals surface area contributed by atoms with Crippen LogP contribution in [0.15, 0.2) is 18.2 Å². The second kappa shape index (κ2) is 9.16. The maximum Gasteiger partial charge on any atom is 0.319 e. The molecule has 1 aromatic rings. The summed E-state index contributed by atoms with van der Waals surface area (Å²) in [5.74, 6) is 0.0480. The van der Waals surface area contributed by atoms with E-state index in [-0.39, 0.29) is 23.8 Å². The van der Waals surface area contributed by atoms with Crippen molar-refractivity contribution in [3.05, 3.63) is 33.8 Å². The van der Waals surface area contributed by atoms with Gasteiger partial charge in [0.2, 0.25) is 5.91 Å². The van der Waals surface area contributed by atoms with E-state index in [1.54, 1.807) is 0 Å². The summed E-state index contributed by atoms with van der Waals surface area (Å²) < 4.78 is 0. The minimum absolute atomic E-state index is 0.0342. The van der Waals surface area contributed by atoms with Crippen LogP contribution in [0.4, 0.5) is 4.79 Å². The average Bonchev–Trinajstić information content (AvgIpc) is 3.20. The van der Waals surface area contributed by atoms with Gasteiger partial charge in [-0.25, -0.2) is 4.79 Å². The third-order valence-corrected chi connectivity index (χ3v) is 6.25. The molecule has 2 aliphatic heterocycles. The largest absolute Gasteiger partial charge is 0.355 e. The fourth-order valence-electron chi connectivity index (χ4n) is 3.92. The van der Waals surface area contributed by atoms with Gasteiger partial charge in [-0.1, -0.05) is 36.2 Å². The number of nitrogens with one attached hydrogen (secondary N) is 1. The number of urea groups is 1. The van der Waals surface area contributed by atoms with Crippen LogP contribution in [0.3, 0.4) is 0 Å². The highest BCUT2D eigenvalue weighted by molar-refractivity contribution is 6.36. The molecule has 1 aromatic carbocycles. The van der Waals surface area contributed by atoms with Gasteiger partial charge in [-0.3, -0.25) is 4.79 Å². The van der Waals surface area contributed by atoms with Crippen LogP contribution in [-0.2, 0) is 4.79 Å². The van der Waals surface area contributed by atoms with Crippen LogP contribution in [0.1, 0.15) is 44.1 Å². The van der Waals surface area contributed by atoms with Crippen molar-refractivity contribution in [3.8, 4) is 0 Å². The number of rotatable bonds is 4. The SMILES string of the molecule is CC(CNC(=O)C1CCN(C(=O)N2CCCC2)CC1)c1c(Cl)cccc1Cl. The van der Waals surface area contributed by atoms with E-state index >= 15 is 0 Å². The monoisotopic (exact) mass is 411 g/mol. The molecule has 2 fully saturated rings. The first kappa shape index (κ1) is 20.3. The number of likely N-dealkylation sites (tertiary alicyclic amines) is 2. The maximum absolute atomic E-state index is 12.5. The highest BCUT2D eigenvalue weighted by Gasteiger charge is 2.30. The summed E-state index contributed by atoms with van der Waals surface area (Å²) >= 11 is 12.5. The third-order valence-electron chi connectivity index (χ3n) is 5.59. The Hall–Kier alpha value is -1.46. The molecule has 0 aromatic heterocycles. The predicted molar refractivity (Wildman–Crippen MR) is 108 cm³/mol. The van der Waals surface area contributed by atoms with Gasteiger partial charge >= 0.3 is 6.03 Å². The van der Waals surface area contributed by atoms with Crippen molar-refractivity contribution < 1.29 is 9.59 Å². The van der Waals surface area contributed by atoms with Crippen molar-refractivity contribution >= 4 is 35.1 Å². The number of hydrogen-bond acceptors (Lipinski definition) is 2. The van der Waals surface area contributed by atoms with E-state index in [1.165, 1.54) is 0 Å². The van der Waals surface area contributed by atoms with E-state index in [2.05, 4.69) is 5.32 Å². The average molecular weight is 412 g/mol. The second-order valence-electron chi connectivity index (χ2n) is 7.52. The van der Waals surface area contributed by atoms with E-state index in [9.17, 15) is 9.59 Å². The zero-order valence-corrected chi connectivity index (χ0v) is 17.2. The summed E-state index contributed by atoms with van der Waals surface area (Å²) in [5, 5.41) is 4.28. The molecular weight excluding hydrogens is 385 g/mol. The van der Waals surface area contributed by atoms with Gasteiger partial charge in [0, 0.05) is 54.6 Å². The molecule has 1 N–H and O–H groups in total. The van der Waals surface area contributed by atoms with E-state index in [4.69, 9.17) is 23.2 Å². The molecule has 7 heteroatoms. The summed E-state index contributed by atoms with van der Waals surface area (Å²) in [4.78, 5) is 28.8. The van der Waals surface area contributed by atoms with Gasteiger partial charge < -0.3 is 15.1 Å². The predicted octanol–water partition coefficient (Wildman–Crippen LogP) is 4.14. The highest BCUT2D eigenvalue weighted by atomic mass is 35.5. The molecule has 2 saturated heterocycles. The van der Waals surface area contributed by atoms with Crippen molar-refractivity contribution in [1.82, 2.24) is 15.1 Å². The van der Waals surface area contributed by atoms with Gasteiger partial charge in [-0.05, 0) is 43.4 Å². The summed E-state index contributed by atoms with van der Waals surface area (Å²) in [6.45, 7) is 5.53. The number of hydrogen-bond donors (Lipinski definition) is 1. The van der Waals surface area contributed by atoms with Crippen molar-refractivity contribution in [1.29, 1.82) is 0 Å². The minimum atomic E-state index is -0.0402. The Morgan fingerprint density at radius 3 is 2.22 bits per heavy atom. The van der Waals surface area contributed by atoms with E-state index in [1.807, 2.05) is 34.9 Å². The summed E-state index contributed by atoms with van der Waals surface area (Å²) in [7, 11) is 0. The Morgan fingerprint density at radius 1 is 1.07 bits per heavy atom. The second-order valence-corrected chi connectivity index (χ2v) is 8.33. The lowest BCUT2D eigenvalue weighted by Crippen LogP contribution is -2.48. The molecular formula is C20H27Cl2N3O2. The molecule has 0 aliphatic carbocycles. The first-order chi connectivity index (χ1) is 13.0. The molecule has 0 radical (unpaired) electrons. The van der Waals surface area contributed by atoms with Crippen LogP contribution >= 0.6 is 23.2 Å². The van der Waals surface area contributed by atoms with Crippen LogP contribution in [0, 0.1) is 5.92 Å². The molecule has 0 spiro atoms. The van der Waals surface area contributed by atoms with E-state index in [0.29, 0.717) is 42.5 Å². The molecule has 1 unspecified atom stereocenters. The summed E-state index contributed by atoms with van der Waals surface area (Å²) in [6, 6.07) is 5.58. The van der Waals surface area contributed by atoms with Crippen LogP contribution in [0.25, 0.3) is 0 Å². The lowest BCUT2D eigenvalue weighted by atomic mass is 9.95. The zero-order valence-electron chi connectivity index (χ0n) is 15.7. The smallest absolute Gasteiger partial charge is 0.319 e. The highest BCUT2D eigenvalue weighted by Crippen LogP contribution is 2.31. The first-order valence-corrected chi connectivity index (χ1v) is 10.5. The Kier molecular flexibility index (Phi) is 6.88. The first-order valence-electron chi connectivity index (χ1n) is 9.73. The Labute approximate surface area is 171 Å². The van der Waals surface area contributed by atoms with Gasteiger partial charge in [-0.2, -0.15) is 0 Å². The minimum Gasteiger partial charge on any atom is -0.355 e. The molecule has 2 heterocycles. The molecule has 3 rings (SSSR count). The van der Waals surface area contributed by atoms with Crippen molar-refractivity contribution in [2.75, 3.05) is 32.7 Å². The molecule has 3 amide bonds. The number of nitrogens with zero attached hydrogens (tertiary/aromatic N) is 2. The van der Waals surface area contributed by atoms with Crippen LogP contribution in [-0.4, -0.2) is 54.5 Å². The Morgan fingerprint density at radius 2 is 1.63 bits per heavy atom. The van der Waals surface area contributed by atoms with Gasteiger partial charge in [0.15, 0.2) is 0 Å². The van der Waals surface area contributed by atoms with E-state index in [0.717, 1.165) is 31.5 Å². The molecule has 1 atom stereocenters. The Balaban J connectivity index is 1.46. The molecule has 5 nitrogen and oxygen atoms in total. The summed E-state index contributed by atoms with van der Waals surface area (Å²) in [6.07, 6.45) is 3.62. The van der Waals surface area contributed by atoms with Crippen LogP contribution in [0.5, 0.6) is 0 Å². The topological polar surface area (TPSA) is 52.7 Å². The standard InChI is InChI=1S/C20H27Cl2N3O2/c1-14(18-16(21)5-4-6-17(18)22)13-23-19(26)15-7-11-25(12-8-15)20(27)24-9-2-3-10-24/h4-6,14-15H,2-3,7-13H2,1H3,(H,23,26). The molecule has 27 heavy (non-hydrogen) atoms. The summed E-state index contributed by atoms with van der Waals surface area (Å²) in [5.41, 5.74) is 0.868.